The molecule has 4 heteroatoms. The van der Waals surface area contributed by atoms with E-state index in [4.69, 9.17) is 9.47 Å². The molecule has 1 rings (SSSR count). The van der Waals surface area contributed by atoms with Gasteiger partial charge in [-0.2, -0.15) is 0 Å². The average Bonchev–Trinajstić information content (AvgIpc) is 2.77. The Kier molecular flexibility index (Phi) is 17.9. The summed E-state index contributed by atoms with van der Waals surface area (Å²) in [4.78, 5) is 24.1. The molecule has 1 aromatic rings. The lowest BCUT2D eigenvalue weighted by Crippen LogP contribution is -2.27. The largest absolute Gasteiger partial charge is 0.466 e. The number of rotatable bonds is 12. The highest BCUT2D eigenvalue weighted by atomic mass is 16.5. The van der Waals surface area contributed by atoms with Crippen molar-refractivity contribution in [2.45, 2.75) is 108 Å². The van der Waals surface area contributed by atoms with Crippen molar-refractivity contribution >= 4 is 11.9 Å². The van der Waals surface area contributed by atoms with Gasteiger partial charge in [0.05, 0.1) is 24.0 Å². The second-order valence-electron chi connectivity index (χ2n) is 8.68. The van der Waals surface area contributed by atoms with Gasteiger partial charge < -0.3 is 9.47 Å². The van der Waals surface area contributed by atoms with E-state index in [1.54, 1.807) is 0 Å². The zero-order chi connectivity index (χ0) is 25.2. The molecular formula is C28H50O4. The van der Waals surface area contributed by atoms with Crippen molar-refractivity contribution in [3.8, 4) is 0 Å². The molecule has 0 amide bonds. The van der Waals surface area contributed by atoms with Crippen LogP contribution in [-0.4, -0.2) is 25.2 Å². The van der Waals surface area contributed by atoms with E-state index in [0.717, 1.165) is 38.5 Å². The van der Waals surface area contributed by atoms with Crippen LogP contribution in [0.5, 0.6) is 0 Å². The van der Waals surface area contributed by atoms with Crippen molar-refractivity contribution in [2.75, 3.05) is 13.2 Å². The fraction of sp³-hybridized carbons (Fsp3) is 0.714. The Labute approximate surface area is 198 Å². The molecule has 0 heterocycles. The minimum absolute atomic E-state index is 0.121. The van der Waals surface area contributed by atoms with Crippen molar-refractivity contribution in [3.63, 3.8) is 0 Å². The standard InChI is InChI=1S/C24H38O4.2C2H6/c1-7-27-21(25)23(3,4)17-11-15-19-13-9-10-14-20(19)16-12-18-24(5,6)22(26)28-8-2;2*1-2/h9-10,13-14H,7-8,11-12,15-18H2,1-6H3;2*1-2H3. The lowest BCUT2D eigenvalue weighted by molar-refractivity contribution is -0.154. The minimum Gasteiger partial charge on any atom is -0.466 e. The molecular weight excluding hydrogens is 400 g/mol. The lowest BCUT2D eigenvalue weighted by Gasteiger charge is -2.23. The van der Waals surface area contributed by atoms with Gasteiger partial charge in [0.1, 0.15) is 0 Å². The summed E-state index contributed by atoms with van der Waals surface area (Å²) < 4.78 is 10.4. The molecule has 0 aliphatic heterocycles. The van der Waals surface area contributed by atoms with Crippen LogP contribution in [0.1, 0.15) is 106 Å². The Morgan fingerprint density at radius 2 is 1.00 bits per heavy atom. The number of hydrogen-bond donors (Lipinski definition) is 0. The van der Waals surface area contributed by atoms with Crippen LogP contribution in [-0.2, 0) is 31.9 Å². The van der Waals surface area contributed by atoms with Gasteiger partial charge in [0, 0.05) is 0 Å². The quantitative estimate of drug-likeness (QED) is 0.308. The van der Waals surface area contributed by atoms with E-state index >= 15 is 0 Å². The highest BCUT2D eigenvalue weighted by Crippen LogP contribution is 2.28. The number of carbonyl (C=O) groups excluding carboxylic acids is 2. The molecule has 0 bridgehead atoms. The summed E-state index contributed by atoms with van der Waals surface area (Å²) in [7, 11) is 0. The molecule has 0 aliphatic carbocycles. The van der Waals surface area contributed by atoms with Gasteiger partial charge in [-0.25, -0.2) is 0 Å². The normalized spacial score (nSPS) is 10.8. The Bertz CT molecular complexity index is 577. The summed E-state index contributed by atoms with van der Waals surface area (Å²) >= 11 is 0. The number of carbonyl (C=O) groups is 2. The van der Waals surface area contributed by atoms with Gasteiger partial charge in [-0.05, 0) is 91.2 Å². The van der Waals surface area contributed by atoms with Gasteiger partial charge in [0.2, 0.25) is 0 Å². The average molecular weight is 451 g/mol. The summed E-state index contributed by atoms with van der Waals surface area (Å²) in [6.07, 6.45) is 5.38. The van der Waals surface area contributed by atoms with E-state index in [1.807, 2.05) is 69.2 Å². The monoisotopic (exact) mass is 450 g/mol. The van der Waals surface area contributed by atoms with Crippen LogP contribution < -0.4 is 0 Å². The molecule has 186 valence electrons. The molecule has 0 aromatic heterocycles. The van der Waals surface area contributed by atoms with Gasteiger partial charge in [0.25, 0.3) is 0 Å². The van der Waals surface area contributed by atoms with Crippen molar-refractivity contribution in [1.29, 1.82) is 0 Å². The summed E-state index contributed by atoms with van der Waals surface area (Å²) in [5.74, 6) is -0.242. The maximum absolute atomic E-state index is 12.1. The molecule has 32 heavy (non-hydrogen) atoms. The Morgan fingerprint density at radius 3 is 1.28 bits per heavy atom. The van der Waals surface area contributed by atoms with Crippen LogP contribution in [0.15, 0.2) is 24.3 Å². The van der Waals surface area contributed by atoms with E-state index in [1.165, 1.54) is 11.1 Å². The number of benzene rings is 1. The first kappa shape index (κ1) is 32.3. The van der Waals surface area contributed by atoms with Crippen molar-refractivity contribution in [1.82, 2.24) is 0 Å². The molecule has 0 fully saturated rings. The summed E-state index contributed by atoms with van der Waals surface area (Å²) in [6.45, 7) is 20.3. The number of hydrogen-bond acceptors (Lipinski definition) is 4. The van der Waals surface area contributed by atoms with Gasteiger partial charge in [-0.15, -0.1) is 0 Å². The first-order valence-electron chi connectivity index (χ1n) is 12.5. The second kappa shape index (κ2) is 17.7. The predicted molar refractivity (Wildman–Crippen MR) is 136 cm³/mol. The summed E-state index contributed by atoms with van der Waals surface area (Å²) in [6, 6.07) is 8.47. The molecule has 0 saturated carbocycles. The third-order valence-corrected chi connectivity index (χ3v) is 5.27. The topological polar surface area (TPSA) is 52.6 Å². The summed E-state index contributed by atoms with van der Waals surface area (Å²) in [5.41, 5.74) is 1.76. The van der Waals surface area contributed by atoms with E-state index in [-0.39, 0.29) is 11.9 Å². The fourth-order valence-corrected chi connectivity index (χ4v) is 3.34. The first-order chi connectivity index (χ1) is 15.1. The third-order valence-electron chi connectivity index (χ3n) is 5.27. The lowest BCUT2D eigenvalue weighted by atomic mass is 9.84. The molecule has 0 atom stereocenters. The number of aryl methyl sites for hydroxylation is 2. The number of ether oxygens (including phenoxy) is 2. The Morgan fingerprint density at radius 1 is 0.688 bits per heavy atom. The molecule has 0 unspecified atom stereocenters. The SMILES string of the molecule is CC.CC.CCOC(=O)C(C)(C)CCCc1ccccc1CCCC(C)(C)C(=O)OCC. The molecule has 0 radical (unpaired) electrons. The Hall–Kier alpha value is -1.84. The fourth-order valence-electron chi connectivity index (χ4n) is 3.34. The van der Waals surface area contributed by atoms with Crippen LogP contribution >= 0.6 is 0 Å². The van der Waals surface area contributed by atoms with E-state index in [0.29, 0.717) is 13.2 Å². The smallest absolute Gasteiger partial charge is 0.311 e. The van der Waals surface area contributed by atoms with E-state index in [9.17, 15) is 9.59 Å². The van der Waals surface area contributed by atoms with Crippen LogP contribution in [0, 0.1) is 10.8 Å². The van der Waals surface area contributed by atoms with Crippen molar-refractivity contribution < 1.29 is 19.1 Å². The minimum atomic E-state index is -0.450. The van der Waals surface area contributed by atoms with Crippen molar-refractivity contribution in [2.24, 2.45) is 10.8 Å². The first-order valence-corrected chi connectivity index (χ1v) is 12.5. The second-order valence-corrected chi connectivity index (χ2v) is 8.68. The molecule has 1 aromatic carbocycles. The van der Waals surface area contributed by atoms with E-state index in [2.05, 4.69) is 24.3 Å². The van der Waals surface area contributed by atoms with Crippen LogP contribution in [0.25, 0.3) is 0 Å². The molecule has 0 aliphatic rings. The Balaban J connectivity index is 0. The predicted octanol–water partition coefficient (Wildman–Crippen LogP) is 7.56. The highest BCUT2D eigenvalue weighted by molar-refractivity contribution is 5.76. The maximum Gasteiger partial charge on any atom is 0.311 e. The van der Waals surface area contributed by atoms with Crippen LogP contribution in [0.4, 0.5) is 0 Å². The van der Waals surface area contributed by atoms with Gasteiger partial charge in [-0.3, -0.25) is 9.59 Å². The molecule has 4 nitrogen and oxygen atoms in total. The molecule has 0 N–H and O–H groups in total. The molecule has 0 spiro atoms. The summed E-state index contributed by atoms with van der Waals surface area (Å²) in [5, 5.41) is 0. The van der Waals surface area contributed by atoms with E-state index < -0.39 is 10.8 Å². The maximum atomic E-state index is 12.1. The molecule has 0 saturated heterocycles. The zero-order valence-corrected chi connectivity index (χ0v) is 22.6. The van der Waals surface area contributed by atoms with Crippen LogP contribution in [0.3, 0.4) is 0 Å². The van der Waals surface area contributed by atoms with Gasteiger partial charge in [0.15, 0.2) is 0 Å². The van der Waals surface area contributed by atoms with Gasteiger partial charge >= 0.3 is 11.9 Å². The van der Waals surface area contributed by atoms with Gasteiger partial charge in [-0.1, -0.05) is 52.0 Å². The zero-order valence-electron chi connectivity index (χ0n) is 22.6. The van der Waals surface area contributed by atoms with Crippen LogP contribution in [0.2, 0.25) is 0 Å². The third kappa shape index (κ3) is 12.3. The van der Waals surface area contributed by atoms with Crippen molar-refractivity contribution in [3.05, 3.63) is 35.4 Å². The highest BCUT2D eigenvalue weighted by Gasteiger charge is 2.29. The number of esters is 2.